The number of benzene rings is 2. The summed E-state index contributed by atoms with van der Waals surface area (Å²) in [7, 11) is 1.64. The normalized spacial score (nSPS) is 25.4. The van der Waals surface area contributed by atoms with Crippen LogP contribution < -0.4 is 15.0 Å². The highest BCUT2D eigenvalue weighted by atomic mass is 19.1. The lowest BCUT2D eigenvalue weighted by atomic mass is 10.0. The fourth-order valence-electron chi connectivity index (χ4n) is 5.40. The van der Waals surface area contributed by atoms with E-state index in [9.17, 15) is 9.59 Å². The predicted octanol–water partition coefficient (Wildman–Crippen LogP) is 3.67. The zero-order valence-corrected chi connectivity index (χ0v) is 19.8. The number of nitrogens with one attached hydrogen (secondary N) is 1. The number of carbonyl (C=O) groups excluding carboxylic acids is 2. The molecule has 1 aliphatic carbocycles. The van der Waals surface area contributed by atoms with Crippen molar-refractivity contribution in [2.45, 2.75) is 31.9 Å². The van der Waals surface area contributed by atoms with Crippen LogP contribution in [0.15, 0.2) is 36.4 Å². The van der Waals surface area contributed by atoms with Gasteiger partial charge in [0.25, 0.3) is 0 Å². The molecule has 0 spiro atoms. The number of fused-ring (bicyclic) bond motifs is 1. The number of hydrogen-bond donors (Lipinski definition) is 1. The molecule has 5 rings (SSSR count). The van der Waals surface area contributed by atoms with Crippen LogP contribution in [0.3, 0.4) is 0 Å². The summed E-state index contributed by atoms with van der Waals surface area (Å²) in [6.45, 7) is 4.40. The number of ether oxygens (including phenoxy) is 2. The van der Waals surface area contributed by atoms with Crippen LogP contribution in [-0.2, 0) is 16.1 Å². The maximum absolute atomic E-state index is 15.1. The van der Waals surface area contributed by atoms with Crippen molar-refractivity contribution in [3.8, 4) is 5.75 Å². The molecule has 3 aliphatic rings. The van der Waals surface area contributed by atoms with Crippen LogP contribution in [0.2, 0.25) is 0 Å². The Hall–Kier alpha value is -3.20. The van der Waals surface area contributed by atoms with Crippen LogP contribution in [0, 0.1) is 23.5 Å². The molecule has 1 unspecified atom stereocenters. The monoisotopic (exact) mass is 485 g/mol. The third kappa shape index (κ3) is 4.69. The number of piperidine rings is 1. The molecule has 1 N–H and O–H groups in total. The first-order valence-corrected chi connectivity index (χ1v) is 12.0. The van der Waals surface area contributed by atoms with Crippen molar-refractivity contribution >= 4 is 17.7 Å². The van der Waals surface area contributed by atoms with Gasteiger partial charge in [-0.25, -0.2) is 13.6 Å². The number of methoxy groups -OCH3 is 1. The molecular formula is C26H29F2N3O4. The number of rotatable bonds is 8. The average Bonchev–Trinajstić information content (AvgIpc) is 3.16. The van der Waals surface area contributed by atoms with Gasteiger partial charge in [0, 0.05) is 31.6 Å². The molecule has 4 atom stereocenters. The van der Waals surface area contributed by atoms with Crippen LogP contribution in [0.25, 0.3) is 0 Å². The summed E-state index contributed by atoms with van der Waals surface area (Å²) >= 11 is 0. The summed E-state index contributed by atoms with van der Waals surface area (Å²) in [5.41, 5.74) is 1.42. The minimum atomic E-state index is -0.676. The van der Waals surface area contributed by atoms with Crippen LogP contribution in [0.5, 0.6) is 5.75 Å². The molecular weight excluding hydrogens is 456 g/mol. The number of carbonyl (C=O) groups is 2. The Labute approximate surface area is 203 Å². The molecule has 0 bridgehead atoms. The van der Waals surface area contributed by atoms with Crippen molar-refractivity contribution in [2.24, 2.45) is 11.8 Å². The lowest BCUT2D eigenvalue weighted by Crippen LogP contribution is -2.34. The predicted molar refractivity (Wildman–Crippen MR) is 125 cm³/mol. The van der Waals surface area contributed by atoms with Gasteiger partial charge in [-0.05, 0) is 47.6 Å². The molecule has 0 aromatic heterocycles. The number of amides is 2. The maximum Gasteiger partial charge on any atom is 0.414 e. The Kier molecular flexibility index (Phi) is 6.35. The van der Waals surface area contributed by atoms with E-state index in [2.05, 4.69) is 10.2 Å². The number of hydrogen-bond acceptors (Lipinski definition) is 5. The van der Waals surface area contributed by atoms with Gasteiger partial charge in [0.05, 0.1) is 25.9 Å². The van der Waals surface area contributed by atoms with Crippen molar-refractivity contribution in [3.63, 3.8) is 0 Å². The van der Waals surface area contributed by atoms with E-state index in [0.717, 1.165) is 25.4 Å². The van der Waals surface area contributed by atoms with E-state index in [-0.39, 0.29) is 48.0 Å². The quantitative estimate of drug-likeness (QED) is 0.618. The molecule has 2 aromatic rings. The summed E-state index contributed by atoms with van der Waals surface area (Å²) in [6.07, 6.45) is -0.918. The van der Waals surface area contributed by atoms with E-state index >= 15 is 8.78 Å². The highest BCUT2D eigenvalue weighted by Gasteiger charge is 2.57. The van der Waals surface area contributed by atoms with E-state index in [0.29, 0.717) is 6.42 Å². The fourth-order valence-corrected chi connectivity index (χ4v) is 5.40. The second kappa shape index (κ2) is 9.45. The minimum Gasteiger partial charge on any atom is -0.497 e. The molecule has 35 heavy (non-hydrogen) atoms. The third-order valence-corrected chi connectivity index (χ3v) is 7.27. The Morgan fingerprint density at radius 1 is 1.11 bits per heavy atom. The van der Waals surface area contributed by atoms with Crippen molar-refractivity contribution < 1.29 is 27.8 Å². The Balaban J connectivity index is 1.20. The molecule has 2 aromatic carbocycles. The fraction of sp³-hybridized carbons (Fsp3) is 0.462. The average molecular weight is 486 g/mol. The molecule has 186 valence electrons. The maximum atomic E-state index is 15.1. The van der Waals surface area contributed by atoms with Gasteiger partial charge >= 0.3 is 6.09 Å². The summed E-state index contributed by atoms with van der Waals surface area (Å²) in [4.78, 5) is 27.2. The summed E-state index contributed by atoms with van der Waals surface area (Å²) in [6, 6.07) is 10.4. The highest BCUT2D eigenvalue weighted by molar-refractivity contribution is 5.90. The summed E-state index contributed by atoms with van der Waals surface area (Å²) < 4.78 is 40.6. The molecule has 2 aliphatic heterocycles. The molecule has 9 heteroatoms. The highest BCUT2D eigenvalue weighted by Crippen LogP contribution is 2.59. The summed E-state index contributed by atoms with van der Waals surface area (Å²) in [5, 5.41) is 2.67. The zero-order chi connectivity index (χ0) is 24.7. The van der Waals surface area contributed by atoms with Gasteiger partial charge in [-0.1, -0.05) is 19.1 Å². The van der Waals surface area contributed by atoms with Crippen molar-refractivity contribution in [2.75, 3.05) is 38.2 Å². The third-order valence-electron chi connectivity index (χ3n) is 7.27. The number of likely N-dealkylation sites (tertiary alicyclic amines) is 1. The van der Waals surface area contributed by atoms with Gasteiger partial charge in [-0.15, -0.1) is 0 Å². The van der Waals surface area contributed by atoms with Gasteiger partial charge in [0.1, 0.15) is 23.5 Å². The molecule has 1 saturated carbocycles. The van der Waals surface area contributed by atoms with E-state index < -0.39 is 23.8 Å². The first kappa shape index (κ1) is 23.5. The van der Waals surface area contributed by atoms with Gasteiger partial charge in [0.2, 0.25) is 5.91 Å². The first-order valence-electron chi connectivity index (χ1n) is 12.0. The molecule has 0 radical (unpaired) electrons. The van der Waals surface area contributed by atoms with Crippen molar-refractivity contribution in [1.82, 2.24) is 10.2 Å². The van der Waals surface area contributed by atoms with Crippen molar-refractivity contribution in [3.05, 3.63) is 59.2 Å². The smallest absolute Gasteiger partial charge is 0.414 e. The first-order chi connectivity index (χ1) is 16.9. The van der Waals surface area contributed by atoms with Gasteiger partial charge < -0.3 is 14.8 Å². The summed E-state index contributed by atoms with van der Waals surface area (Å²) in [5.74, 6) is -0.281. The number of cyclic esters (lactones) is 1. The van der Waals surface area contributed by atoms with Crippen LogP contribution in [0.1, 0.15) is 30.4 Å². The SMILES string of the molecule is CCC(=O)NC[C@H]1CN(c2cc(F)c(C3[C@H]4CN(Cc5ccc(OC)cc5)C[C@@H]34)c(F)c2)C(=O)O1. The second-order valence-electron chi connectivity index (χ2n) is 9.49. The number of anilines is 1. The topological polar surface area (TPSA) is 71.1 Å². The standard InChI is InChI=1S/C26H29F2N3O4/c1-3-23(32)29-10-18-12-31(26(33)35-18)16-8-21(27)25(22(28)9-16)24-19-13-30(14-20(19)24)11-15-4-6-17(34-2)7-5-15/h4-9,18-20,24H,3,10-14H2,1-2H3,(H,29,32)/t18-,19-,20+,24?/m0/s1. The number of nitrogens with zero attached hydrogens (tertiary/aromatic N) is 2. The van der Waals surface area contributed by atoms with E-state index in [4.69, 9.17) is 9.47 Å². The van der Waals surface area contributed by atoms with Gasteiger partial charge in [-0.2, -0.15) is 0 Å². The minimum absolute atomic E-state index is 0.118. The molecule has 2 amide bonds. The van der Waals surface area contributed by atoms with E-state index in [1.807, 2.05) is 24.3 Å². The van der Waals surface area contributed by atoms with Crippen LogP contribution in [-0.4, -0.2) is 56.3 Å². The van der Waals surface area contributed by atoms with Crippen LogP contribution in [0.4, 0.5) is 19.3 Å². The largest absolute Gasteiger partial charge is 0.497 e. The molecule has 3 fully saturated rings. The Morgan fingerprint density at radius 3 is 2.37 bits per heavy atom. The Bertz CT molecular complexity index is 1090. The lowest BCUT2D eigenvalue weighted by molar-refractivity contribution is -0.121. The second-order valence-corrected chi connectivity index (χ2v) is 9.49. The molecule has 7 nitrogen and oxygen atoms in total. The lowest BCUT2D eigenvalue weighted by Gasteiger charge is -2.21. The van der Waals surface area contributed by atoms with Crippen LogP contribution >= 0.6 is 0 Å². The van der Waals surface area contributed by atoms with E-state index in [1.165, 1.54) is 22.6 Å². The van der Waals surface area contributed by atoms with Gasteiger partial charge in [0.15, 0.2) is 0 Å². The van der Waals surface area contributed by atoms with E-state index in [1.54, 1.807) is 14.0 Å². The number of halogens is 2. The van der Waals surface area contributed by atoms with Gasteiger partial charge in [-0.3, -0.25) is 14.6 Å². The molecule has 2 saturated heterocycles. The molecule has 2 heterocycles. The Morgan fingerprint density at radius 2 is 1.77 bits per heavy atom. The zero-order valence-electron chi connectivity index (χ0n) is 19.8. The van der Waals surface area contributed by atoms with Crippen molar-refractivity contribution in [1.29, 1.82) is 0 Å².